The minimum absolute atomic E-state index is 0.0419. The van der Waals surface area contributed by atoms with Crippen LogP contribution in [-0.2, 0) is 16.6 Å². The van der Waals surface area contributed by atoms with Crippen molar-refractivity contribution in [2.75, 3.05) is 13.7 Å². The number of nitrogens with two attached hydrogens (primary N) is 1. The second-order valence-electron chi connectivity index (χ2n) is 5.16. The molecular weight excluding hydrogens is 198 g/mol. The molecule has 0 aliphatic heterocycles. The van der Waals surface area contributed by atoms with Gasteiger partial charge in [-0.15, -0.1) is 0 Å². The third-order valence-corrected chi connectivity index (χ3v) is 2.79. The molecule has 0 fully saturated rings. The van der Waals surface area contributed by atoms with Gasteiger partial charge in [0, 0.05) is 18.6 Å². The third kappa shape index (κ3) is 3.32. The Morgan fingerprint density at radius 1 is 1.31 bits per heavy atom. The SMILES string of the molecule is COCC(C)(C)c1ccccc1CC(C)N. The van der Waals surface area contributed by atoms with E-state index in [-0.39, 0.29) is 11.5 Å². The van der Waals surface area contributed by atoms with E-state index in [1.807, 2.05) is 6.92 Å². The quantitative estimate of drug-likeness (QED) is 0.829. The molecular formula is C14H23NO. The number of hydrogen-bond donors (Lipinski definition) is 1. The van der Waals surface area contributed by atoms with Crippen LogP contribution in [0.4, 0.5) is 0 Å². The van der Waals surface area contributed by atoms with Crippen LogP contribution < -0.4 is 5.73 Å². The Morgan fingerprint density at radius 3 is 2.50 bits per heavy atom. The van der Waals surface area contributed by atoms with Crippen molar-refractivity contribution < 1.29 is 4.74 Å². The minimum atomic E-state index is 0.0419. The zero-order valence-corrected chi connectivity index (χ0v) is 10.8. The lowest BCUT2D eigenvalue weighted by Crippen LogP contribution is -2.27. The fraction of sp³-hybridized carbons (Fsp3) is 0.571. The predicted molar refractivity (Wildman–Crippen MR) is 68.7 cm³/mol. The number of benzene rings is 1. The third-order valence-electron chi connectivity index (χ3n) is 2.79. The first-order chi connectivity index (χ1) is 7.47. The van der Waals surface area contributed by atoms with Crippen molar-refractivity contribution in [2.45, 2.75) is 38.6 Å². The molecule has 0 saturated carbocycles. The summed E-state index contributed by atoms with van der Waals surface area (Å²) in [6.45, 7) is 7.18. The van der Waals surface area contributed by atoms with Crippen molar-refractivity contribution >= 4 is 0 Å². The second kappa shape index (κ2) is 5.46. The fourth-order valence-electron chi connectivity index (χ4n) is 2.14. The van der Waals surface area contributed by atoms with Crippen molar-refractivity contribution in [1.29, 1.82) is 0 Å². The summed E-state index contributed by atoms with van der Waals surface area (Å²) in [4.78, 5) is 0. The average Bonchev–Trinajstić information content (AvgIpc) is 2.17. The molecule has 0 amide bonds. The molecule has 2 N–H and O–H groups in total. The topological polar surface area (TPSA) is 35.2 Å². The molecule has 1 rings (SSSR count). The number of rotatable bonds is 5. The Hall–Kier alpha value is -0.860. The van der Waals surface area contributed by atoms with E-state index in [2.05, 4.69) is 38.1 Å². The zero-order valence-electron chi connectivity index (χ0n) is 10.8. The highest BCUT2D eigenvalue weighted by Crippen LogP contribution is 2.27. The minimum Gasteiger partial charge on any atom is -0.384 e. The highest BCUT2D eigenvalue weighted by Gasteiger charge is 2.23. The van der Waals surface area contributed by atoms with Gasteiger partial charge in [0.2, 0.25) is 0 Å². The van der Waals surface area contributed by atoms with Gasteiger partial charge in [-0.1, -0.05) is 38.1 Å². The van der Waals surface area contributed by atoms with E-state index >= 15 is 0 Å². The summed E-state index contributed by atoms with van der Waals surface area (Å²) < 4.78 is 5.29. The molecule has 1 aromatic rings. The molecule has 2 heteroatoms. The monoisotopic (exact) mass is 221 g/mol. The summed E-state index contributed by atoms with van der Waals surface area (Å²) in [5, 5.41) is 0. The molecule has 2 nitrogen and oxygen atoms in total. The van der Waals surface area contributed by atoms with E-state index in [1.54, 1.807) is 7.11 Å². The second-order valence-corrected chi connectivity index (χ2v) is 5.16. The number of ether oxygens (including phenoxy) is 1. The lowest BCUT2D eigenvalue weighted by molar-refractivity contribution is 0.146. The molecule has 0 aliphatic rings. The van der Waals surface area contributed by atoms with Crippen LogP contribution in [0.1, 0.15) is 31.9 Å². The van der Waals surface area contributed by atoms with Crippen LogP contribution in [0, 0.1) is 0 Å². The van der Waals surface area contributed by atoms with Gasteiger partial charge in [0.1, 0.15) is 0 Å². The van der Waals surface area contributed by atoms with Crippen LogP contribution in [0.25, 0.3) is 0 Å². The molecule has 90 valence electrons. The molecule has 0 saturated heterocycles. The summed E-state index contributed by atoms with van der Waals surface area (Å²) >= 11 is 0. The van der Waals surface area contributed by atoms with Gasteiger partial charge in [0.05, 0.1) is 6.61 Å². The number of methoxy groups -OCH3 is 1. The van der Waals surface area contributed by atoms with Crippen molar-refractivity contribution in [3.63, 3.8) is 0 Å². The molecule has 0 spiro atoms. The average molecular weight is 221 g/mol. The van der Waals surface area contributed by atoms with Crippen molar-refractivity contribution in [3.8, 4) is 0 Å². The zero-order chi connectivity index (χ0) is 12.2. The Morgan fingerprint density at radius 2 is 1.94 bits per heavy atom. The summed E-state index contributed by atoms with van der Waals surface area (Å²) in [6, 6.07) is 8.69. The van der Waals surface area contributed by atoms with Crippen LogP contribution in [-0.4, -0.2) is 19.8 Å². The maximum Gasteiger partial charge on any atom is 0.0553 e. The highest BCUT2D eigenvalue weighted by atomic mass is 16.5. The van der Waals surface area contributed by atoms with Gasteiger partial charge >= 0.3 is 0 Å². The molecule has 0 heterocycles. The molecule has 0 radical (unpaired) electrons. The summed E-state index contributed by atoms with van der Waals surface area (Å²) in [6.07, 6.45) is 0.920. The Bertz CT molecular complexity index is 331. The Labute approximate surface area is 98.8 Å². The van der Waals surface area contributed by atoms with E-state index in [0.717, 1.165) is 13.0 Å². The van der Waals surface area contributed by atoms with E-state index in [1.165, 1.54) is 11.1 Å². The van der Waals surface area contributed by atoms with Gasteiger partial charge in [-0.05, 0) is 24.5 Å². The molecule has 0 bridgehead atoms. The molecule has 1 unspecified atom stereocenters. The van der Waals surface area contributed by atoms with Gasteiger partial charge in [0.25, 0.3) is 0 Å². The predicted octanol–water partition coefficient (Wildman–Crippen LogP) is 2.50. The summed E-state index contributed by atoms with van der Waals surface area (Å²) in [5.74, 6) is 0. The van der Waals surface area contributed by atoms with Crippen molar-refractivity contribution in [1.82, 2.24) is 0 Å². The molecule has 1 aromatic carbocycles. The van der Waals surface area contributed by atoms with E-state index < -0.39 is 0 Å². The van der Waals surface area contributed by atoms with E-state index in [9.17, 15) is 0 Å². The van der Waals surface area contributed by atoms with Gasteiger partial charge in [-0.25, -0.2) is 0 Å². The van der Waals surface area contributed by atoms with Crippen LogP contribution in [0.3, 0.4) is 0 Å². The van der Waals surface area contributed by atoms with Crippen LogP contribution in [0.15, 0.2) is 24.3 Å². The molecule has 0 aliphatic carbocycles. The first-order valence-corrected chi connectivity index (χ1v) is 5.80. The Kier molecular flexibility index (Phi) is 4.51. The van der Waals surface area contributed by atoms with Gasteiger partial charge in [-0.2, -0.15) is 0 Å². The molecule has 0 aromatic heterocycles. The van der Waals surface area contributed by atoms with Gasteiger partial charge in [-0.3, -0.25) is 0 Å². The Balaban J connectivity index is 3.02. The van der Waals surface area contributed by atoms with E-state index in [4.69, 9.17) is 10.5 Å². The summed E-state index contributed by atoms with van der Waals surface area (Å²) in [7, 11) is 1.75. The van der Waals surface area contributed by atoms with Crippen LogP contribution in [0.5, 0.6) is 0 Å². The van der Waals surface area contributed by atoms with Crippen LogP contribution >= 0.6 is 0 Å². The first-order valence-electron chi connectivity index (χ1n) is 5.80. The first kappa shape index (κ1) is 13.2. The maximum absolute atomic E-state index is 5.88. The molecule has 1 atom stereocenters. The fourth-order valence-corrected chi connectivity index (χ4v) is 2.14. The van der Waals surface area contributed by atoms with Gasteiger partial charge < -0.3 is 10.5 Å². The lowest BCUT2D eigenvalue weighted by Gasteiger charge is -2.27. The van der Waals surface area contributed by atoms with Crippen LogP contribution in [0.2, 0.25) is 0 Å². The van der Waals surface area contributed by atoms with Crippen molar-refractivity contribution in [3.05, 3.63) is 35.4 Å². The number of hydrogen-bond acceptors (Lipinski definition) is 2. The van der Waals surface area contributed by atoms with Crippen molar-refractivity contribution in [2.24, 2.45) is 5.73 Å². The van der Waals surface area contributed by atoms with Gasteiger partial charge in [0.15, 0.2) is 0 Å². The normalized spacial score (nSPS) is 13.8. The summed E-state index contributed by atoms with van der Waals surface area (Å²) in [5.41, 5.74) is 8.60. The highest BCUT2D eigenvalue weighted by molar-refractivity contribution is 5.34. The maximum atomic E-state index is 5.88. The lowest BCUT2D eigenvalue weighted by atomic mass is 9.81. The van der Waals surface area contributed by atoms with E-state index in [0.29, 0.717) is 0 Å². The molecule has 16 heavy (non-hydrogen) atoms. The smallest absolute Gasteiger partial charge is 0.0553 e. The largest absolute Gasteiger partial charge is 0.384 e. The standard InChI is InChI=1S/C14H23NO/c1-11(15)9-12-7-5-6-8-13(12)14(2,3)10-16-4/h5-8,11H,9-10,15H2,1-4H3.